The van der Waals surface area contributed by atoms with Crippen molar-refractivity contribution in [1.82, 2.24) is 0 Å². The highest BCUT2D eigenvalue weighted by Gasteiger charge is 2.16. The molecule has 0 aliphatic rings. The van der Waals surface area contributed by atoms with Gasteiger partial charge in [0, 0.05) is 4.88 Å². The molecule has 0 spiro atoms. The number of thiophene rings is 1. The van der Waals surface area contributed by atoms with E-state index in [4.69, 9.17) is 4.74 Å². The minimum Gasteiger partial charge on any atom is -0.447 e. The van der Waals surface area contributed by atoms with Crippen LogP contribution in [-0.4, -0.2) is 12.2 Å². The van der Waals surface area contributed by atoms with Crippen LogP contribution in [0.4, 0.5) is 10.5 Å². The first kappa shape index (κ1) is 15.0. The monoisotopic (exact) mass is 269 g/mol. The van der Waals surface area contributed by atoms with E-state index in [9.17, 15) is 4.79 Å². The van der Waals surface area contributed by atoms with Gasteiger partial charge in [0.2, 0.25) is 0 Å². The molecule has 1 rings (SSSR count). The van der Waals surface area contributed by atoms with E-state index in [2.05, 4.69) is 26.1 Å². The van der Waals surface area contributed by atoms with Crippen LogP contribution >= 0.6 is 11.3 Å². The van der Waals surface area contributed by atoms with Gasteiger partial charge in [0.25, 0.3) is 0 Å². The summed E-state index contributed by atoms with van der Waals surface area (Å²) in [6, 6.07) is 1.94. The van der Waals surface area contributed by atoms with Gasteiger partial charge in [-0.05, 0) is 43.6 Å². The standard InChI is InChI=1S/C14H23NO2S/c1-9(2)8-11(5)13-12(6-7-18-13)15-14(16)17-10(3)4/h6-7,9-11H,8H2,1-5H3,(H,15,16). The summed E-state index contributed by atoms with van der Waals surface area (Å²) in [6.45, 7) is 10.3. The Morgan fingerprint density at radius 3 is 2.56 bits per heavy atom. The molecule has 1 aromatic heterocycles. The van der Waals surface area contributed by atoms with Crippen LogP contribution in [0.2, 0.25) is 0 Å². The van der Waals surface area contributed by atoms with Crippen LogP contribution in [0.5, 0.6) is 0 Å². The molecule has 1 unspecified atom stereocenters. The summed E-state index contributed by atoms with van der Waals surface area (Å²) in [5.41, 5.74) is 0.888. The smallest absolute Gasteiger partial charge is 0.411 e. The largest absolute Gasteiger partial charge is 0.447 e. The highest BCUT2D eigenvalue weighted by molar-refractivity contribution is 7.10. The number of rotatable bonds is 5. The second-order valence-corrected chi connectivity index (χ2v) is 6.26. The van der Waals surface area contributed by atoms with Crippen LogP contribution in [0.15, 0.2) is 11.4 Å². The predicted molar refractivity (Wildman–Crippen MR) is 77.4 cm³/mol. The maximum atomic E-state index is 11.6. The average molecular weight is 269 g/mol. The van der Waals surface area contributed by atoms with Gasteiger partial charge in [-0.15, -0.1) is 11.3 Å². The van der Waals surface area contributed by atoms with Gasteiger partial charge in [-0.2, -0.15) is 0 Å². The summed E-state index contributed by atoms with van der Waals surface area (Å²) < 4.78 is 5.09. The maximum absolute atomic E-state index is 11.6. The van der Waals surface area contributed by atoms with Gasteiger partial charge in [-0.1, -0.05) is 20.8 Å². The van der Waals surface area contributed by atoms with Crippen molar-refractivity contribution in [3.63, 3.8) is 0 Å². The Bertz CT molecular complexity index is 385. The molecule has 3 nitrogen and oxygen atoms in total. The van der Waals surface area contributed by atoms with Gasteiger partial charge >= 0.3 is 6.09 Å². The third-order valence-corrected chi connectivity index (χ3v) is 3.70. The summed E-state index contributed by atoms with van der Waals surface area (Å²) in [7, 11) is 0. The average Bonchev–Trinajstić information content (AvgIpc) is 2.62. The number of carbonyl (C=O) groups excluding carboxylic acids is 1. The number of amides is 1. The van der Waals surface area contributed by atoms with E-state index in [1.807, 2.05) is 25.3 Å². The van der Waals surface area contributed by atoms with E-state index in [1.165, 1.54) is 4.88 Å². The van der Waals surface area contributed by atoms with Crippen LogP contribution < -0.4 is 5.32 Å². The van der Waals surface area contributed by atoms with Crippen LogP contribution in [0.25, 0.3) is 0 Å². The highest BCUT2D eigenvalue weighted by Crippen LogP contribution is 2.34. The van der Waals surface area contributed by atoms with Crippen molar-refractivity contribution in [3.05, 3.63) is 16.3 Å². The normalized spacial score (nSPS) is 12.8. The van der Waals surface area contributed by atoms with E-state index in [-0.39, 0.29) is 12.2 Å². The van der Waals surface area contributed by atoms with Crippen LogP contribution in [0.3, 0.4) is 0 Å². The lowest BCUT2D eigenvalue weighted by molar-refractivity contribution is 0.130. The molecule has 0 fully saturated rings. The molecule has 0 bridgehead atoms. The fourth-order valence-electron chi connectivity index (χ4n) is 1.97. The van der Waals surface area contributed by atoms with E-state index < -0.39 is 0 Å². The fraction of sp³-hybridized carbons (Fsp3) is 0.643. The SMILES string of the molecule is CC(C)CC(C)c1sccc1NC(=O)OC(C)C. The lowest BCUT2D eigenvalue weighted by Crippen LogP contribution is -2.18. The molecule has 0 aliphatic carbocycles. The minimum absolute atomic E-state index is 0.0971. The number of carbonyl (C=O) groups is 1. The molecule has 102 valence electrons. The number of nitrogens with one attached hydrogen (secondary N) is 1. The number of hydrogen-bond acceptors (Lipinski definition) is 3. The molecular formula is C14H23NO2S. The summed E-state index contributed by atoms with van der Waals surface area (Å²) in [6.07, 6.45) is 0.649. The molecule has 0 saturated carbocycles. The predicted octanol–water partition coefficient (Wildman–Crippen LogP) is 4.85. The first-order valence-electron chi connectivity index (χ1n) is 6.45. The van der Waals surface area contributed by atoms with Crippen LogP contribution in [0, 0.1) is 5.92 Å². The molecule has 1 amide bonds. The summed E-state index contributed by atoms with van der Waals surface area (Å²) in [5.74, 6) is 1.11. The molecule has 0 aliphatic heterocycles. The molecule has 1 heterocycles. The van der Waals surface area contributed by atoms with Crippen molar-refractivity contribution in [2.24, 2.45) is 5.92 Å². The van der Waals surface area contributed by atoms with Gasteiger partial charge in [-0.3, -0.25) is 5.32 Å². The summed E-state index contributed by atoms with van der Waals surface area (Å²) in [5, 5.41) is 4.84. The van der Waals surface area contributed by atoms with Gasteiger partial charge in [0.15, 0.2) is 0 Å². The Morgan fingerprint density at radius 2 is 2.00 bits per heavy atom. The lowest BCUT2D eigenvalue weighted by atomic mass is 9.97. The summed E-state index contributed by atoms with van der Waals surface area (Å²) in [4.78, 5) is 12.8. The second-order valence-electron chi connectivity index (χ2n) is 5.31. The molecular weight excluding hydrogens is 246 g/mol. The lowest BCUT2D eigenvalue weighted by Gasteiger charge is -2.15. The van der Waals surface area contributed by atoms with Crippen LogP contribution in [0.1, 0.15) is 51.8 Å². The van der Waals surface area contributed by atoms with Crippen molar-refractivity contribution in [3.8, 4) is 0 Å². The summed E-state index contributed by atoms with van der Waals surface area (Å²) >= 11 is 1.69. The maximum Gasteiger partial charge on any atom is 0.411 e. The van der Waals surface area contributed by atoms with E-state index in [0.717, 1.165) is 12.1 Å². The Hall–Kier alpha value is -1.03. The first-order chi connectivity index (χ1) is 8.40. The Kier molecular flexibility index (Phi) is 5.66. The first-order valence-corrected chi connectivity index (χ1v) is 7.33. The third kappa shape index (κ3) is 4.69. The van der Waals surface area contributed by atoms with E-state index >= 15 is 0 Å². The number of anilines is 1. The van der Waals surface area contributed by atoms with Crippen molar-refractivity contribution in [2.45, 2.75) is 53.1 Å². The topological polar surface area (TPSA) is 38.3 Å². The third-order valence-electron chi connectivity index (χ3n) is 2.55. The molecule has 0 aromatic carbocycles. The van der Waals surface area contributed by atoms with Gasteiger partial charge in [0.1, 0.15) is 0 Å². The van der Waals surface area contributed by atoms with Crippen molar-refractivity contribution < 1.29 is 9.53 Å². The molecule has 4 heteroatoms. The van der Waals surface area contributed by atoms with Crippen molar-refractivity contribution >= 4 is 23.1 Å². The van der Waals surface area contributed by atoms with Gasteiger partial charge in [-0.25, -0.2) is 4.79 Å². The Labute approximate surface area is 114 Å². The second kappa shape index (κ2) is 6.78. The Balaban J connectivity index is 2.67. The minimum atomic E-state index is -0.374. The quantitative estimate of drug-likeness (QED) is 0.829. The molecule has 0 saturated heterocycles. The highest BCUT2D eigenvalue weighted by atomic mass is 32.1. The van der Waals surface area contributed by atoms with Crippen molar-refractivity contribution in [2.75, 3.05) is 5.32 Å². The molecule has 1 atom stereocenters. The molecule has 18 heavy (non-hydrogen) atoms. The number of hydrogen-bond donors (Lipinski definition) is 1. The zero-order valence-corrected chi connectivity index (χ0v) is 12.6. The zero-order chi connectivity index (χ0) is 13.7. The fourth-order valence-corrected chi connectivity index (χ4v) is 2.90. The molecule has 1 N–H and O–H groups in total. The zero-order valence-electron chi connectivity index (χ0n) is 11.8. The van der Waals surface area contributed by atoms with E-state index in [0.29, 0.717) is 11.8 Å². The van der Waals surface area contributed by atoms with Crippen molar-refractivity contribution in [1.29, 1.82) is 0 Å². The van der Waals surface area contributed by atoms with Gasteiger partial charge in [0.05, 0.1) is 11.8 Å². The Morgan fingerprint density at radius 1 is 1.33 bits per heavy atom. The van der Waals surface area contributed by atoms with Gasteiger partial charge < -0.3 is 4.74 Å². The van der Waals surface area contributed by atoms with E-state index in [1.54, 1.807) is 11.3 Å². The molecule has 0 radical (unpaired) electrons. The molecule has 1 aromatic rings. The van der Waals surface area contributed by atoms with Crippen LogP contribution in [-0.2, 0) is 4.74 Å². The number of ether oxygens (including phenoxy) is 1.